The molecule has 0 radical (unpaired) electrons. The molecular weight excluding hydrogens is 392 g/mol. The van der Waals surface area contributed by atoms with Gasteiger partial charge < -0.3 is 24.8 Å². The molecule has 1 heterocycles. The van der Waals surface area contributed by atoms with E-state index < -0.39 is 5.41 Å². The molecule has 0 atom stereocenters. The highest BCUT2D eigenvalue weighted by atomic mass is 35.5. The van der Waals surface area contributed by atoms with Crippen molar-refractivity contribution >= 4 is 24.0 Å². The van der Waals surface area contributed by atoms with Crippen molar-refractivity contribution in [3.63, 3.8) is 0 Å². The number of rotatable bonds is 8. The average molecular weight is 421 g/mol. The number of benzene rings is 2. The third kappa shape index (κ3) is 6.10. The summed E-state index contributed by atoms with van der Waals surface area (Å²) in [5.74, 6) is 2.26. The van der Waals surface area contributed by atoms with Crippen LogP contribution in [-0.2, 0) is 9.53 Å². The zero-order chi connectivity index (χ0) is 19.8. The maximum atomic E-state index is 12.9. The predicted molar refractivity (Wildman–Crippen MR) is 116 cm³/mol. The van der Waals surface area contributed by atoms with Gasteiger partial charge in [0.25, 0.3) is 0 Å². The fourth-order valence-corrected chi connectivity index (χ4v) is 3.40. The summed E-state index contributed by atoms with van der Waals surface area (Å²) in [5, 5.41) is 6.33. The number of nitrogens with one attached hydrogen (secondary N) is 2. The van der Waals surface area contributed by atoms with Gasteiger partial charge in [-0.25, -0.2) is 0 Å². The first kappa shape index (κ1) is 23.0. The van der Waals surface area contributed by atoms with Gasteiger partial charge in [0.15, 0.2) is 0 Å². The summed E-state index contributed by atoms with van der Waals surface area (Å²) in [6.07, 6.45) is 1.54. The standard InChI is InChI=1S/C22H28N2O4.ClH/c1-3-27-18-8-10-20(11-9-18)28-19-6-4-17(5-7-19)24-21(25)22(16-26-2)12-14-23-15-13-22;/h4-11,23H,3,12-16H2,1-2H3,(H,24,25);1H. The van der Waals surface area contributed by atoms with Crippen molar-refractivity contribution in [1.82, 2.24) is 5.32 Å². The lowest BCUT2D eigenvalue weighted by molar-refractivity contribution is -0.130. The van der Waals surface area contributed by atoms with Crippen molar-refractivity contribution in [2.75, 3.05) is 38.7 Å². The summed E-state index contributed by atoms with van der Waals surface area (Å²) in [4.78, 5) is 12.9. The van der Waals surface area contributed by atoms with Crippen molar-refractivity contribution in [2.24, 2.45) is 5.41 Å². The molecule has 3 rings (SSSR count). The molecule has 2 aromatic carbocycles. The smallest absolute Gasteiger partial charge is 0.233 e. The second kappa shape index (κ2) is 11.0. The van der Waals surface area contributed by atoms with Crippen LogP contribution in [0.3, 0.4) is 0 Å². The number of amides is 1. The van der Waals surface area contributed by atoms with Gasteiger partial charge in [-0.1, -0.05) is 0 Å². The molecule has 158 valence electrons. The minimum atomic E-state index is -0.475. The van der Waals surface area contributed by atoms with Crippen LogP contribution < -0.4 is 20.1 Å². The van der Waals surface area contributed by atoms with Crippen LogP contribution in [0.25, 0.3) is 0 Å². The van der Waals surface area contributed by atoms with Crippen LogP contribution in [0, 0.1) is 5.41 Å². The van der Waals surface area contributed by atoms with Gasteiger partial charge in [-0.05, 0) is 81.4 Å². The molecule has 1 aliphatic rings. The zero-order valence-electron chi connectivity index (χ0n) is 16.9. The summed E-state index contributed by atoms with van der Waals surface area (Å²) in [6.45, 7) is 4.67. The Morgan fingerprint density at radius 3 is 2.10 bits per heavy atom. The Bertz CT molecular complexity index is 754. The second-order valence-corrected chi connectivity index (χ2v) is 6.95. The third-order valence-corrected chi connectivity index (χ3v) is 4.95. The Kier molecular flexibility index (Phi) is 8.76. The highest BCUT2D eigenvalue weighted by Crippen LogP contribution is 2.31. The molecule has 6 nitrogen and oxygen atoms in total. The molecule has 0 bridgehead atoms. The zero-order valence-corrected chi connectivity index (χ0v) is 17.7. The minimum absolute atomic E-state index is 0. The van der Waals surface area contributed by atoms with Crippen molar-refractivity contribution in [3.8, 4) is 17.2 Å². The molecule has 2 N–H and O–H groups in total. The van der Waals surface area contributed by atoms with Crippen LogP contribution in [0.5, 0.6) is 17.2 Å². The van der Waals surface area contributed by atoms with Gasteiger partial charge in [-0.2, -0.15) is 0 Å². The second-order valence-electron chi connectivity index (χ2n) is 6.95. The van der Waals surface area contributed by atoms with E-state index in [1.165, 1.54) is 0 Å². The van der Waals surface area contributed by atoms with Crippen LogP contribution in [-0.4, -0.2) is 39.3 Å². The Hall–Kier alpha value is -2.28. The van der Waals surface area contributed by atoms with E-state index in [-0.39, 0.29) is 18.3 Å². The lowest BCUT2D eigenvalue weighted by atomic mass is 9.78. The largest absolute Gasteiger partial charge is 0.494 e. The quantitative estimate of drug-likeness (QED) is 0.668. The molecule has 1 saturated heterocycles. The van der Waals surface area contributed by atoms with Crippen molar-refractivity contribution in [2.45, 2.75) is 19.8 Å². The molecule has 0 spiro atoms. The van der Waals surface area contributed by atoms with Gasteiger partial charge in [0, 0.05) is 12.8 Å². The molecular formula is C22H29ClN2O4. The van der Waals surface area contributed by atoms with Gasteiger partial charge in [-0.15, -0.1) is 12.4 Å². The van der Waals surface area contributed by atoms with Crippen molar-refractivity contribution < 1.29 is 19.0 Å². The van der Waals surface area contributed by atoms with Crippen LogP contribution >= 0.6 is 12.4 Å². The fraction of sp³-hybridized carbons (Fsp3) is 0.409. The SMILES string of the molecule is CCOc1ccc(Oc2ccc(NC(=O)C3(COC)CCNCC3)cc2)cc1.Cl. The Morgan fingerprint density at radius 1 is 1.00 bits per heavy atom. The molecule has 1 aliphatic heterocycles. The predicted octanol–water partition coefficient (Wildman–Crippen LogP) is 4.25. The maximum Gasteiger partial charge on any atom is 0.233 e. The summed E-state index contributed by atoms with van der Waals surface area (Å²) in [7, 11) is 1.64. The lowest BCUT2D eigenvalue weighted by Gasteiger charge is -2.35. The van der Waals surface area contributed by atoms with E-state index in [2.05, 4.69) is 10.6 Å². The number of ether oxygens (including phenoxy) is 3. The fourth-order valence-electron chi connectivity index (χ4n) is 3.40. The highest BCUT2D eigenvalue weighted by Gasteiger charge is 2.39. The van der Waals surface area contributed by atoms with Crippen molar-refractivity contribution in [1.29, 1.82) is 0 Å². The van der Waals surface area contributed by atoms with Gasteiger partial charge in [0.05, 0.1) is 18.6 Å². The molecule has 0 aromatic heterocycles. The Morgan fingerprint density at radius 2 is 1.55 bits per heavy atom. The molecule has 0 aliphatic carbocycles. The summed E-state index contributed by atoms with van der Waals surface area (Å²) in [6, 6.07) is 14.9. The van der Waals surface area contributed by atoms with E-state index in [0.29, 0.717) is 19.0 Å². The van der Waals surface area contributed by atoms with E-state index in [9.17, 15) is 4.79 Å². The minimum Gasteiger partial charge on any atom is -0.494 e. The van der Waals surface area contributed by atoms with Crippen LogP contribution in [0.4, 0.5) is 5.69 Å². The Balaban J connectivity index is 0.00000300. The molecule has 1 fully saturated rings. The van der Waals surface area contributed by atoms with Crippen LogP contribution in [0.15, 0.2) is 48.5 Å². The number of carbonyl (C=O) groups is 1. The van der Waals surface area contributed by atoms with E-state index >= 15 is 0 Å². The van der Waals surface area contributed by atoms with Crippen LogP contribution in [0.1, 0.15) is 19.8 Å². The topological polar surface area (TPSA) is 68.8 Å². The highest BCUT2D eigenvalue weighted by molar-refractivity contribution is 5.95. The van der Waals surface area contributed by atoms with E-state index in [0.717, 1.165) is 43.1 Å². The number of halogens is 1. The molecule has 0 unspecified atom stereocenters. The van der Waals surface area contributed by atoms with Gasteiger partial charge in [-0.3, -0.25) is 4.79 Å². The van der Waals surface area contributed by atoms with Crippen molar-refractivity contribution in [3.05, 3.63) is 48.5 Å². The monoisotopic (exact) mass is 420 g/mol. The first-order chi connectivity index (χ1) is 13.6. The van der Waals surface area contributed by atoms with E-state index in [4.69, 9.17) is 14.2 Å². The first-order valence-electron chi connectivity index (χ1n) is 9.67. The number of piperidine rings is 1. The number of hydrogen-bond donors (Lipinski definition) is 2. The molecule has 1 amide bonds. The number of anilines is 1. The number of carbonyl (C=O) groups excluding carboxylic acids is 1. The average Bonchev–Trinajstić information content (AvgIpc) is 2.72. The normalized spacial score (nSPS) is 15.1. The number of hydrogen-bond acceptors (Lipinski definition) is 5. The van der Waals surface area contributed by atoms with E-state index in [1.807, 2.05) is 55.5 Å². The van der Waals surface area contributed by atoms with Gasteiger partial charge in [0.2, 0.25) is 5.91 Å². The van der Waals surface area contributed by atoms with E-state index in [1.54, 1.807) is 7.11 Å². The van der Waals surface area contributed by atoms with Crippen LogP contribution in [0.2, 0.25) is 0 Å². The maximum absolute atomic E-state index is 12.9. The Labute approximate surface area is 178 Å². The first-order valence-corrected chi connectivity index (χ1v) is 9.67. The molecule has 29 heavy (non-hydrogen) atoms. The lowest BCUT2D eigenvalue weighted by Crippen LogP contribution is -2.47. The van der Waals surface area contributed by atoms with Gasteiger partial charge in [0.1, 0.15) is 17.2 Å². The summed E-state index contributed by atoms with van der Waals surface area (Å²) < 4.78 is 16.6. The molecule has 2 aromatic rings. The number of methoxy groups -OCH3 is 1. The molecule has 0 saturated carbocycles. The summed E-state index contributed by atoms with van der Waals surface area (Å²) >= 11 is 0. The third-order valence-electron chi connectivity index (χ3n) is 4.95. The summed E-state index contributed by atoms with van der Waals surface area (Å²) in [5.41, 5.74) is 0.273. The van der Waals surface area contributed by atoms with Gasteiger partial charge >= 0.3 is 0 Å². The molecule has 7 heteroatoms.